The number of hydrogen-bond acceptors (Lipinski definition) is 5. The van der Waals surface area contributed by atoms with Gasteiger partial charge in [0, 0.05) is 12.7 Å². The van der Waals surface area contributed by atoms with E-state index in [9.17, 15) is 14.0 Å². The number of Topliss-reactive ketones (excluding diaryl/α,β-unsaturated/α-hetero) is 1. The molecule has 0 bridgehead atoms. The standard InChI is InChI=1S/C15H18ClFN2O4/c1-15(2,3)23-14(21)19-6-7-22-10(8-19)12(20)9-4-5-18-13(16)11(9)17/h4-5,10H,6-8H2,1-3H3. The van der Waals surface area contributed by atoms with Gasteiger partial charge in [0.25, 0.3) is 0 Å². The maximum atomic E-state index is 13.9. The topological polar surface area (TPSA) is 68.7 Å². The van der Waals surface area contributed by atoms with Gasteiger partial charge in [-0.3, -0.25) is 4.79 Å². The molecule has 1 aromatic rings. The summed E-state index contributed by atoms with van der Waals surface area (Å²) in [6, 6.07) is 1.24. The first-order valence-electron chi connectivity index (χ1n) is 7.13. The fourth-order valence-corrected chi connectivity index (χ4v) is 2.24. The van der Waals surface area contributed by atoms with E-state index in [0.29, 0.717) is 6.54 Å². The van der Waals surface area contributed by atoms with Crippen molar-refractivity contribution >= 4 is 23.5 Å². The Morgan fingerprint density at radius 1 is 1.48 bits per heavy atom. The van der Waals surface area contributed by atoms with Crippen molar-refractivity contribution in [2.24, 2.45) is 0 Å². The summed E-state index contributed by atoms with van der Waals surface area (Å²) in [5, 5.41) is -0.379. The highest BCUT2D eigenvalue weighted by atomic mass is 35.5. The Hall–Kier alpha value is -1.73. The van der Waals surface area contributed by atoms with Crippen molar-refractivity contribution in [1.82, 2.24) is 9.88 Å². The molecule has 0 aromatic carbocycles. The minimum Gasteiger partial charge on any atom is -0.444 e. The van der Waals surface area contributed by atoms with E-state index in [1.807, 2.05) is 0 Å². The predicted molar refractivity (Wildman–Crippen MR) is 81.1 cm³/mol. The third-order valence-electron chi connectivity index (χ3n) is 3.12. The first-order chi connectivity index (χ1) is 10.7. The second-order valence-electron chi connectivity index (χ2n) is 6.11. The monoisotopic (exact) mass is 344 g/mol. The van der Waals surface area contributed by atoms with Gasteiger partial charge in [-0.1, -0.05) is 11.6 Å². The number of nitrogens with zero attached hydrogens (tertiary/aromatic N) is 2. The average molecular weight is 345 g/mol. The van der Waals surface area contributed by atoms with Gasteiger partial charge in [0.05, 0.1) is 18.7 Å². The molecule has 2 rings (SSSR count). The van der Waals surface area contributed by atoms with Gasteiger partial charge in [-0.25, -0.2) is 14.2 Å². The molecule has 8 heteroatoms. The normalized spacial score (nSPS) is 18.7. The van der Waals surface area contributed by atoms with Crippen molar-refractivity contribution in [3.63, 3.8) is 0 Å². The summed E-state index contributed by atoms with van der Waals surface area (Å²) in [6.07, 6.45) is -0.260. The third-order valence-corrected chi connectivity index (χ3v) is 3.39. The fourth-order valence-electron chi connectivity index (χ4n) is 2.08. The van der Waals surface area contributed by atoms with E-state index >= 15 is 0 Å². The molecule has 0 aliphatic carbocycles. The maximum Gasteiger partial charge on any atom is 0.410 e. The highest BCUT2D eigenvalue weighted by Gasteiger charge is 2.33. The molecule has 1 unspecified atom stereocenters. The highest BCUT2D eigenvalue weighted by molar-refractivity contribution is 6.30. The highest BCUT2D eigenvalue weighted by Crippen LogP contribution is 2.20. The van der Waals surface area contributed by atoms with Gasteiger partial charge in [0.15, 0.2) is 16.8 Å². The van der Waals surface area contributed by atoms with Gasteiger partial charge in [-0.15, -0.1) is 0 Å². The number of carbonyl (C=O) groups is 2. The molecule has 23 heavy (non-hydrogen) atoms. The van der Waals surface area contributed by atoms with Gasteiger partial charge < -0.3 is 14.4 Å². The lowest BCUT2D eigenvalue weighted by Gasteiger charge is -2.33. The number of carbonyl (C=O) groups excluding carboxylic acids is 2. The van der Waals surface area contributed by atoms with Gasteiger partial charge in [0.2, 0.25) is 0 Å². The van der Waals surface area contributed by atoms with E-state index in [1.165, 1.54) is 17.2 Å². The Morgan fingerprint density at radius 2 is 2.17 bits per heavy atom. The molecule has 2 heterocycles. The van der Waals surface area contributed by atoms with E-state index in [2.05, 4.69) is 4.98 Å². The molecule has 1 fully saturated rings. The molecule has 6 nitrogen and oxygen atoms in total. The number of hydrogen-bond donors (Lipinski definition) is 0. The summed E-state index contributed by atoms with van der Waals surface area (Å²) in [7, 11) is 0. The van der Waals surface area contributed by atoms with Crippen LogP contribution in [0.15, 0.2) is 12.3 Å². The first kappa shape index (κ1) is 17.6. The Balaban J connectivity index is 2.10. The zero-order chi connectivity index (χ0) is 17.2. The molecular weight excluding hydrogens is 327 g/mol. The second-order valence-corrected chi connectivity index (χ2v) is 6.47. The Morgan fingerprint density at radius 3 is 2.83 bits per heavy atom. The minimum absolute atomic E-state index is 0.00682. The van der Waals surface area contributed by atoms with E-state index in [-0.39, 0.29) is 23.9 Å². The fraction of sp³-hybridized carbons (Fsp3) is 0.533. The van der Waals surface area contributed by atoms with Crippen molar-refractivity contribution in [3.8, 4) is 0 Å². The summed E-state index contributed by atoms with van der Waals surface area (Å²) in [6.45, 7) is 5.72. The minimum atomic E-state index is -0.968. The Bertz CT molecular complexity index is 618. The number of aromatic nitrogens is 1. The molecule has 1 atom stereocenters. The quantitative estimate of drug-likeness (QED) is 0.609. The van der Waals surface area contributed by atoms with E-state index < -0.39 is 29.4 Å². The number of ketones is 1. The molecule has 126 valence electrons. The molecule has 1 saturated heterocycles. The Kier molecular flexibility index (Phi) is 5.21. The van der Waals surface area contributed by atoms with Crippen LogP contribution >= 0.6 is 11.6 Å². The summed E-state index contributed by atoms with van der Waals surface area (Å²) < 4.78 is 24.5. The first-order valence-corrected chi connectivity index (χ1v) is 7.50. The average Bonchev–Trinajstić information content (AvgIpc) is 2.48. The van der Waals surface area contributed by atoms with Crippen molar-refractivity contribution in [2.75, 3.05) is 19.7 Å². The molecule has 1 aliphatic rings. The largest absolute Gasteiger partial charge is 0.444 e. The van der Waals surface area contributed by atoms with Gasteiger partial charge in [-0.2, -0.15) is 0 Å². The van der Waals surface area contributed by atoms with Gasteiger partial charge in [0.1, 0.15) is 11.7 Å². The van der Waals surface area contributed by atoms with Crippen LogP contribution in [-0.4, -0.2) is 53.2 Å². The van der Waals surface area contributed by atoms with E-state index in [1.54, 1.807) is 20.8 Å². The zero-order valence-corrected chi connectivity index (χ0v) is 13.9. The van der Waals surface area contributed by atoms with Gasteiger partial charge in [-0.05, 0) is 26.8 Å². The summed E-state index contributed by atoms with van der Waals surface area (Å²) in [5.41, 5.74) is -0.847. The summed E-state index contributed by atoms with van der Waals surface area (Å²) in [5.74, 6) is -1.47. The number of ether oxygens (including phenoxy) is 2. The molecule has 1 amide bonds. The molecule has 0 radical (unpaired) electrons. The molecule has 0 spiro atoms. The Labute approximate surface area is 138 Å². The van der Waals surface area contributed by atoms with E-state index in [0.717, 1.165) is 0 Å². The summed E-state index contributed by atoms with van der Waals surface area (Å²) in [4.78, 5) is 29.4. The van der Waals surface area contributed by atoms with Crippen LogP contribution in [-0.2, 0) is 9.47 Å². The SMILES string of the molecule is CC(C)(C)OC(=O)N1CCOC(C(=O)c2ccnc(Cl)c2F)C1. The van der Waals surface area contributed by atoms with Crippen LogP contribution in [0.3, 0.4) is 0 Å². The second kappa shape index (κ2) is 6.80. The molecular formula is C15H18ClFN2O4. The molecule has 0 N–H and O–H groups in total. The van der Waals surface area contributed by atoms with Gasteiger partial charge >= 0.3 is 6.09 Å². The number of morpholine rings is 1. The number of pyridine rings is 1. The summed E-state index contributed by atoms with van der Waals surface area (Å²) >= 11 is 5.58. The van der Waals surface area contributed by atoms with Crippen LogP contribution in [0.2, 0.25) is 5.15 Å². The van der Waals surface area contributed by atoms with Crippen molar-refractivity contribution in [3.05, 3.63) is 28.8 Å². The zero-order valence-electron chi connectivity index (χ0n) is 13.1. The van der Waals surface area contributed by atoms with Crippen molar-refractivity contribution in [1.29, 1.82) is 0 Å². The third kappa shape index (κ3) is 4.39. The van der Waals surface area contributed by atoms with Crippen LogP contribution in [0.25, 0.3) is 0 Å². The molecule has 1 aromatic heterocycles. The maximum absolute atomic E-state index is 13.9. The smallest absolute Gasteiger partial charge is 0.410 e. The van der Waals surface area contributed by atoms with Crippen LogP contribution in [0.4, 0.5) is 9.18 Å². The lowest BCUT2D eigenvalue weighted by atomic mass is 10.1. The van der Waals surface area contributed by atoms with Crippen molar-refractivity contribution < 1.29 is 23.5 Å². The molecule has 0 saturated carbocycles. The van der Waals surface area contributed by atoms with Crippen LogP contribution < -0.4 is 0 Å². The lowest BCUT2D eigenvalue weighted by molar-refractivity contribution is -0.0322. The van der Waals surface area contributed by atoms with Crippen molar-refractivity contribution in [2.45, 2.75) is 32.5 Å². The van der Waals surface area contributed by atoms with Crippen LogP contribution in [0.5, 0.6) is 0 Å². The molecule has 1 aliphatic heterocycles. The number of halogens is 2. The number of rotatable bonds is 2. The van der Waals surface area contributed by atoms with Crippen LogP contribution in [0.1, 0.15) is 31.1 Å². The predicted octanol–water partition coefficient (Wildman–Crippen LogP) is 2.69. The van der Waals surface area contributed by atoms with Crippen LogP contribution in [0, 0.1) is 5.82 Å². The van der Waals surface area contributed by atoms with E-state index in [4.69, 9.17) is 21.1 Å². The number of amides is 1. The lowest BCUT2D eigenvalue weighted by Crippen LogP contribution is -2.50.